The summed E-state index contributed by atoms with van der Waals surface area (Å²) in [6.45, 7) is 3.12. The molecule has 0 unspecified atom stereocenters. The van der Waals surface area contributed by atoms with Crippen molar-refractivity contribution in [3.05, 3.63) is 45.6 Å². The van der Waals surface area contributed by atoms with Crippen LogP contribution in [-0.2, 0) is 13.2 Å². The average molecular weight is 372 g/mol. The van der Waals surface area contributed by atoms with Crippen molar-refractivity contribution >= 4 is 28.6 Å². The van der Waals surface area contributed by atoms with Crippen LogP contribution in [0.2, 0.25) is 0 Å². The molecule has 1 aromatic heterocycles. The van der Waals surface area contributed by atoms with Gasteiger partial charge in [-0.25, -0.2) is 9.78 Å². The van der Waals surface area contributed by atoms with Crippen molar-refractivity contribution in [2.45, 2.75) is 20.1 Å². The minimum atomic E-state index is -0.988. The second-order valence-electron chi connectivity index (χ2n) is 3.91. The molecule has 0 amide bonds. The van der Waals surface area contributed by atoms with Crippen LogP contribution in [0, 0.1) is 3.57 Å². The van der Waals surface area contributed by atoms with Crippen molar-refractivity contribution < 1.29 is 14.6 Å². The Morgan fingerprint density at radius 1 is 1.53 bits per heavy atom. The monoisotopic (exact) mass is 372 g/mol. The maximum absolute atomic E-state index is 11.2. The van der Waals surface area contributed by atoms with Crippen molar-refractivity contribution in [3.63, 3.8) is 0 Å². The number of nitrogens with zero attached hydrogens (tertiary/aromatic N) is 2. The summed E-state index contributed by atoms with van der Waals surface area (Å²) >= 11 is 2.07. The highest BCUT2D eigenvalue weighted by molar-refractivity contribution is 14.1. The van der Waals surface area contributed by atoms with Gasteiger partial charge in [-0.1, -0.05) is 0 Å². The first kappa shape index (κ1) is 13.9. The Morgan fingerprint density at radius 3 is 3.00 bits per heavy atom. The normalized spacial score (nSPS) is 10.4. The number of carboxylic acids is 1. The van der Waals surface area contributed by atoms with E-state index in [-0.39, 0.29) is 5.56 Å². The molecule has 0 saturated heterocycles. The van der Waals surface area contributed by atoms with E-state index in [9.17, 15) is 4.79 Å². The first-order chi connectivity index (χ1) is 9.11. The second kappa shape index (κ2) is 6.05. The average Bonchev–Trinajstić information content (AvgIpc) is 2.84. The molecule has 2 aromatic rings. The number of halogens is 1. The Bertz CT molecular complexity index is 595. The Morgan fingerprint density at radius 2 is 2.32 bits per heavy atom. The number of rotatable bonds is 5. The number of benzene rings is 1. The summed E-state index contributed by atoms with van der Waals surface area (Å²) in [7, 11) is 0. The smallest absolute Gasteiger partial charge is 0.339 e. The Balaban J connectivity index is 2.18. The highest BCUT2D eigenvalue weighted by Gasteiger charge is 2.12. The van der Waals surface area contributed by atoms with Crippen LogP contribution in [0.25, 0.3) is 0 Å². The summed E-state index contributed by atoms with van der Waals surface area (Å²) in [6, 6.07) is 5.09. The van der Waals surface area contributed by atoms with E-state index in [1.165, 1.54) is 0 Å². The van der Waals surface area contributed by atoms with Gasteiger partial charge in [0, 0.05) is 10.1 Å². The van der Waals surface area contributed by atoms with E-state index >= 15 is 0 Å². The predicted octanol–water partition coefficient (Wildman–Crippen LogP) is 2.78. The molecule has 5 nitrogen and oxygen atoms in total. The first-order valence-corrected chi connectivity index (χ1v) is 6.84. The predicted molar refractivity (Wildman–Crippen MR) is 78.4 cm³/mol. The topological polar surface area (TPSA) is 64.4 Å². The zero-order valence-electron chi connectivity index (χ0n) is 10.3. The van der Waals surface area contributed by atoms with Gasteiger partial charge in [-0.05, 0) is 47.7 Å². The van der Waals surface area contributed by atoms with E-state index in [1.54, 1.807) is 24.7 Å². The minimum Gasteiger partial charge on any atom is -0.486 e. The second-order valence-corrected chi connectivity index (χ2v) is 5.15. The fraction of sp³-hybridized carbons (Fsp3) is 0.231. The van der Waals surface area contributed by atoms with E-state index in [1.807, 2.05) is 17.6 Å². The quantitative estimate of drug-likeness (QED) is 0.820. The van der Waals surface area contributed by atoms with Gasteiger partial charge in [0.1, 0.15) is 17.9 Å². The van der Waals surface area contributed by atoms with Gasteiger partial charge in [-0.2, -0.15) is 0 Å². The number of aromatic carboxylic acids is 1. The van der Waals surface area contributed by atoms with Crippen molar-refractivity contribution in [3.8, 4) is 5.75 Å². The molecule has 0 radical (unpaired) electrons. The lowest BCUT2D eigenvalue weighted by atomic mass is 10.2. The van der Waals surface area contributed by atoms with Crippen LogP contribution in [0.4, 0.5) is 0 Å². The summed E-state index contributed by atoms with van der Waals surface area (Å²) in [4.78, 5) is 15.2. The van der Waals surface area contributed by atoms with Gasteiger partial charge < -0.3 is 14.4 Å². The summed E-state index contributed by atoms with van der Waals surface area (Å²) in [6.07, 6.45) is 3.45. The zero-order chi connectivity index (χ0) is 13.8. The molecule has 6 heteroatoms. The van der Waals surface area contributed by atoms with Crippen LogP contribution < -0.4 is 4.74 Å². The summed E-state index contributed by atoms with van der Waals surface area (Å²) in [5, 5.41) is 9.15. The van der Waals surface area contributed by atoms with Crippen molar-refractivity contribution in [1.82, 2.24) is 9.55 Å². The van der Waals surface area contributed by atoms with Gasteiger partial charge in [-0.3, -0.25) is 0 Å². The SMILES string of the molecule is CCn1cncc1COc1ccc(I)cc1C(=O)O. The molecule has 1 N–H and O–H groups in total. The van der Waals surface area contributed by atoms with Crippen LogP contribution in [-0.4, -0.2) is 20.6 Å². The van der Waals surface area contributed by atoms with Crippen molar-refractivity contribution in [2.75, 3.05) is 0 Å². The van der Waals surface area contributed by atoms with Gasteiger partial charge in [0.25, 0.3) is 0 Å². The standard InChI is InChI=1S/C13H13IN2O3/c1-2-16-8-15-6-10(16)7-19-12-4-3-9(14)5-11(12)13(17)18/h3-6,8H,2,7H2,1H3,(H,17,18). The Kier molecular flexibility index (Phi) is 4.41. The van der Waals surface area contributed by atoms with Gasteiger partial charge in [0.15, 0.2) is 0 Å². The summed E-state index contributed by atoms with van der Waals surface area (Å²) in [5.41, 5.74) is 1.09. The number of hydrogen-bond acceptors (Lipinski definition) is 3. The molecule has 0 aliphatic rings. The molecule has 2 rings (SSSR count). The van der Waals surface area contributed by atoms with E-state index in [0.29, 0.717) is 12.4 Å². The van der Waals surface area contributed by atoms with Crippen LogP contribution in [0.15, 0.2) is 30.7 Å². The molecule has 0 bridgehead atoms. The number of imidazole rings is 1. The fourth-order valence-corrected chi connectivity index (χ4v) is 2.19. The molecule has 1 aromatic carbocycles. The molecule has 0 aliphatic carbocycles. The van der Waals surface area contributed by atoms with E-state index in [4.69, 9.17) is 9.84 Å². The van der Waals surface area contributed by atoms with Crippen LogP contribution in [0.1, 0.15) is 23.0 Å². The summed E-state index contributed by atoms with van der Waals surface area (Å²) < 4.78 is 8.41. The molecule has 0 spiro atoms. The molecule has 0 fully saturated rings. The lowest BCUT2D eigenvalue weighted by Gasteiger charge is -2.10. The van der Waals surface area contributed by atoms with Crippen LogP contribution in [0.5, 0.6) is 5.75 Å². The largest absolute Gasteiger partial charge is 0.486 e. The number of carbonyl (C=O) groups is 1. The van der Waals surface area contributed by atoms with Crippen molar-refractivity contribution in [2.24, 2.45) is 0 Å². The van der Waals surface area contributed by atoms with Crippen molar-refractivity contribution in [1.29, 1.82) is 0 Å². The molecule has 0 atom stereocenters. The Labute approximate surface area is 124 Å². The maximum atomic E-state index is 11.2. The van der Waals surface area contributed by atoms with E-state index in [2.05, 4.69) is 27.6 Å². The number of hydrogen-bond donors (Lipinski definition) is 1. The van der Waals surface area contributed by atoms with Gasteiger partial charge in [0.2, 0.25) is 0 Å². The molecule has 100 valence electrons. The molecular formula is C13H13IN2O3. The fourth-order valence-electron chi connectivity index (χ4n) is 1.70. The minimum absolute atomic E-state index is 0.175. The van der Waals surface area contributed by atoms with Gasteiger partial charge in [-0.15, -0.1) is 0 Å². The third-order valence-corrected chi connectivity index (χ3v) is 3.36. The first-order valence-electron chi connectivity index (χ1n) is 5.76. The van der Waals surface area contributed by atoms with E-state index in [0.717, 1.165) is 15.8 Å². The van der Waals surface area contributed by atoms with E-state index < -0.39 is 5.97 Å². The highest BCUT2D eigenvalue weighted by atomic mass is 127. The zero-order valence-corrected chi connectivity index (χ0v) is 12.5. The molecule has 19 heavy (non-hydrogen) atoms. The molecule has 1 heterocycles. The lowest BCUT2D eigenvalue weighted by molar-refractivity contribution is 0.0691. The lowest BCUT2D eigenvalue weighted by Crippen LogP contribution is -2.07. The van der Waals surface area contributed by atoms with Gasteiger partial charge >= 0.3 is 5.97 Å². The molecular weight excluding hydrogens is 359 g/mol. The Hall–Kier alpha value is -1.57. The molecule has 0 aliphatic heterocycles. The highest BCUT2D eigenvalue weighted by Crippen LogP contribution is 2.22. The maximum Gasteiger partial charge on any atom is 0.339 e. The van der Waals surface area contributed by atoms with Gasteiger partial charge in [0.05, 0.1) is 18.2 Å². The number of ether oxygens (including phenoxy) is 1. The number of carboxylic acid groups (broad SMARTS) is 1. The third-order valence-electron chi connectivity index (χ3n) is 2.69. The summed E-state index contributed by atoms with van der Waals surface area (Å²) in [5.74, 6) is -0.616. The molecule has 0 saturated carbocycles. The third kappa shape index (κ3) is 3.25. The van der Waals surface area contributed by atoms with Crippen LogP contribution >= 0.6 is 22.6 Å². The van der Waals surface area contributed by atoms with Crippen LogP contribution in [0.3, 0.4) is 0 Å². The number of aryl methyl sites for hydroxylation is 1. The number of aromatic nitrogens is 2.